The van der Waals surface area contributed by atoms with Gasteiger partial charge in [-0.2, -0.15) is 0 Å². The van der Waals surface area contributed by atoms with Gasteiger partial charge in [0.05, 0.1) is 6.54 Å². The van der Waals surface area contributed by atoms with Gasteiger partial charge in [0, 0.05) is 24.4 Å². The smallest absolute Gasteiger partial charge is 0.222 e. The highest BCUT2D eigenvalue weighted by Gasteiger charge is 2.11. The average Bonchev–Trinajstić information content (AvgIpc) is 2.63. The molecule has 0 saturated carbocycles. The molecule has 1 amide bonds. The van der Waals surface area contributed by atoms with Gasteiger partial charge in [0.1, 0.15) is 0 Å². The fraction of sp³-hybridized carbons (Fsp3) is 0.615. The minimum atomic E-state index is 0.188. The number of nitrogens with zero attached hydrogens (tertiary/aromatic N) is 1. The van der Waals surface area contributed by atoms with E-state index in [0.717, 1.165) is 19.4 Å². The predicted molar refractivity (Wildman–Crippen MR) is 73.0 cm³/mol. The Balaban J connectivity index is 2.35. The van der Waals surface area contributed by atoms with Crippen molar-refractivity contribution in [3.8, 4) is 0 Å². The predicted octanol–water partition coefficient (Wildman–Crippen LogP) is 2.53. The van der Waals surface area contributed by atoms with Gasteiger partial charge in [-0.05, 0) is 43.7 Å². The van der Waals surface area contributed by atoms with Crippen molar-refractivity contribution in [2.45, 2.75) is 45.7 Å². The molecular weight excluding hydrogens is 232 g/mol. The Morgan fingerprint density at radius 3 is 2.82 bits per heavy atom. The monoisotopic (exact) mass is 254 g/mol. The molecule has 0 aliphatic heterocycles. The third-order valence-electron chi connectivity index (χ3n) is 2.82. The molecule has 0 bridgehead atoms. The molecule has 0 aliphatic rings. The quantitative estimate of drug-likeness (QED) is 0.848. The maximum atomic E-state index is 11.9. The van der Waals surface area contributed by atoms with E-state index in [1.165, 1.54) is 10.4 Å². The number of carbonyl (C=O) groups excluding carboxylic acids is 1. The van der Waals surface area contributed by atoms with Crippen molar-refractivity contribution in [3.63, 3.8) is 0 Å². The zero-order valence-electron chi connectivity index (χ0n) is 10.9. The van der Waals surface area contributed by atoms with Crippen molar-refractivity contribution in [1.82, 2.24) is 4.90 Å². The van der Waals surface area contributed by atoms with Crippen molar-refractivity contribution in [1.29, 1.82) is 0 Å². The van der Waals surface area contributed by atoms with Crippen LogP contribution in [0.1, 0.15) is 36.6 Å². The Morgan fingerprint density at radius 1 is 1.59 bits per heavy atom. The van der Waals surface area contributed by atoms with E-state index >= 15 is 0 Å². The lowest BCUT2D eigenvalue weighted by molar-refractivity contribution is -0.130. The maximum absolute atomic E-state index is 11.9. The molecule has 1 aromatic rings. The number of thiophene rings is 1. The van der Waals surface area contributed by atoms with E-state index in [-0.39, 0.29) is 11.9 Å². The van der Waals surface area contributed by atoms with E-state index in [4.69, 9.17) is 5.73 Å². The number of rotatable bonds is 6. The third-order valence-corrected chi connectivity index (χ3v) is 3.83. The summed E-state index contributed by atoms with van der Waals surface area (Å²) in [5, 5.41) is 2.07. The van der Waals surface area contributed by atoms with Crippen molar-refractivity contribution in [2.24, 2.45) is 5.73 Å². The first kappa shape index (κ1) is 14.2. The van der Waals surface area contributed by atoms with Crippen LogP contribution in [-0.2, 0) is 11.3 Å². The molecule has 2 N–H and O–H groups in total. The highest BCUT2D eigenvalue weighted by Crippen LogP contribution is 2.17. The molecule has 1 atom stereocenters. The molecule has 0 radical (unpaired) electrons. The summed E-state index contributed by atoms with van der Waals surface area (Å²) in [5.74, 6) is 0.207. The summed E-state index contributed by atoms with van der Waals surface area (Å²) >= 11 is 1.71. The van der Waals surface area contributed by atoms with Gasteiger partial charge in [-0.3, -0.25) is 4.79 Å². The van der Waals surface area contributed by atoms with Crippen LogP contribution in [0.15, 0.2) is 11.4 Å². The molecule has 1 unspecified atom stereocenters. The fourth-order valence-electron chi connectivity index (χ4n) is 1.64. The number of amides is 1. The summed E-state index contributed by atoms with van der Waals surface area (Å²) < 4.78 is 0. The second kappa shape index (κ2) is 6.77. The molecular formula is C13H22N2OS. The van der Waals surface area contributed by atoms with Crippen LogP contribution in [0.3, 0.4) is 0 Å². The van der Waals surface area contributed by atoms with Gasteiger partial charge in [0.25, 0.3) is 0 Å². The summed E-state index contributed by atoms with van der Waals surface area (Å²) in [4.78, 5) is 14.9. The van der Waals surface area contributed by atoms with Crippen LogP contribution >= 0.6 is 11.3 Å². The largest absolute Gasteiger partial charge is 0.341 e. The first-order valence-electron chi connectivity index (χ1n) is 6.03. The lowest BCUT2D eigenvalue weighted by atomic mass is 10.1. The van der Waals surface area contributed by atoms with E-state index in [1.54, 1.807) is 16.2 Å². The molecule has 0 aromatic carbocycles. The summed E-state index contributed by atoms with van der Waals surface area (Å²) in [6, 6.07) is 2.28. The highest BCUT2D eigenvalue weighted by molar-refractivity contribution is 7.10. The van der Waals surface area contributed by atoms with E-state index in [9.17, 15) is 4.79 Å². The van der Waals surface area contributed by atoms with Crippen LogP contribution in [0.2, 0.25) is 0 Å². The molecule has 0 aliphatic carbocycles. The molecule has 1 aromatic heterocycles. The van der Waals surface area contributed by atoms with E-state index in [0.29, 0.717) is 6.42 Å². The number of hydrogen-bond acceptors (Lipinski definition) is 3. The Morgan fingerprint density at radius 2 is 2.29 bits per heavy atom. The number of carbonyl (C=O) groups is 1. The molecule has 3 nitrogen and oxygen atoms in total. The summed E-state index contributed by atoms with van der Waals surface area (Å²) in [6.45, 7) is 4.78. The molecule has 0 saturated heterocycles. The Kier molecular flexibility index (Phi) is 5.65. The molecule has 0 spiro atoms. The summed E-state index contributed by atoms with van der Waals surface area (Å²) in [6.07, 6.45) is 2.39. The first-order valence-corrected chi connectivity index (χ1v) is 6.91. The standard InChI is InChI=1S/C13H22N2OS/c1-10-7-8-17-12(10)9-15(3)13(16)6-4-5-11(2)14/h7-8,11H,4-6,9,14H2,1-3H3. The number of aryl methyl sites for hydroxylation is 1. The van der Waals surface area contributed by atoms with Gasteiger partial charge in [0.2, 0.25) is 5.91 Å². The Labute approximate surface area is 108 Å². The normalized spacial score (nSPS) is 12.5. The molecule has 4 heteroatoms. The summed E-state index contributed by atoms with van der Waals surface area (Å²) in [7, 11) is 1.87. The van der Waals surface area contributed by atoms with Crippen molar-refractivity contribution < 1.29 is 4.79 Å². The van der Waals surface area contributed by atoms with E-state index in [2.05, 4.69) is 18.4 Å². The zero-order chi connectivity index (χ0) is 12.8. The lowest BCUT2D eigenvalue weighted by Crippen LogP contribution is -2.26. The van der Waals surface area contributed by atoms with Gasteiger partial charge >= 0.3 is 0 Å². The van der Waals surface area contributed by atoms with Gasteiger partial charge in [-0.25, -0.2) is 0 Å². The van der Waals surface area contributed by atoms with Crippen molar-refractivity contribution in [3.05, 3.63) is 21.9 Å². The van der Waals surface area contributed by atoms with Crippen LogP contribution in [0.4, 0.5) is 0 Å². The van der Waals surface area contributed by atoms with Crippen LogP contribution in [0, 0.1) is 6.92 Å². The second-order valence-corrected chi connectivity index (χ2v) is 5.65. The number of nitrogens with two attached hydrogens (primary N) is 1. The lowest BCUT2D eigenvalue weighted by Gasteiger charge is -2.17. The van der Waals surface area contributed by atoms with Gasteiger partial charge in [-0.15, -0.1) is 11.3 Å². The van der Waals surface area contributed by atoms with E-state index < -0.39 is 0 Å². The SMILES string of the molecule is Cc1ccsc1CN(C)C(=O)CCCC(C)N. The van der Waals surface area contributed by atoms with Crippen molar-refractivity contribution >= 4 is 17.2 Å². The fourth-order valence-corrected chi connectivity index (χ4v) is 2.59. The second-order valence-electron chi connectivity index (χ2n) is 4.65. The summed E-state index contributed by atoms with van der Waals surface area (Å²) in [5.41, 5.74) is 6.93. The van der Waals surface area contributed by atoms with Crippen LogP contribution in [0.25, 0.3) is 0 Å². The Hall–Kier alpha value is -0.870. The van der Waals surface area contributed by atoms with Crippen LogP contribution < -0.4 is 5.73 Å². The van der Waals surface area contributed by atoms with Gasteiger partial charge in [-0.1, -0.05) is 0 Å². The third kappa shape index (κ3) is 4.88. The molecule has 0 fully saturated rings. The average molecular weight is 254 g/mol. The zero-order valence-corrected chi connectivity index (χ0v) is 11.7. The highest BCUT2D eigenvalue weighted by atomic mass is 32.1. The molecule has 1 rings (SSSR count). The number of hydrogen-bond donors (Lipinski definition) is 1. The van der Waals surface area contributed by atoms with E-state index in [1.807, 2.05) is 14.0 Å². The van der Waals surface area contributed by atoms with Crippen LogP contribution in [0.5, 0.6) is 0 Å². The molecule has 1 heterocycles. The first-order chi connectivity index (χ1) is 8.00. The maximum Gasteiger partial charge on any atom is 0.222 e. The van der Waals surface area contributed by atoms with Gasteiger partial charge in [0.15, 0.2) is 0 Å². The molecule has 96 valence electrons. The van der Waals surface area contributed by atoms with Crippen molar-refractivity contribution in [2.75, 3.05) is 7.05 Å². The molecule has 17 heavy (non-hydrogen) atoms. The topological polar surface area (TPSA) is 46.3 Å². The Bertz CT molecular complexity index is 360. The van der Waals surface area contributed by atoms with Crippen LogP contribution in [-0.4, -0.2) is 23.9 Å². The minimum Gasteiger partial charge on any atom is -0.341 e. The minimum absolute atomic E-state index is 0.188. The van der Waals surface area contributed by atoms with Gasteiger partial charge < -0.3 is 10.6 Å².